The molecule has 8 heteroatoms. The van der Waals surface area contributed by atoms with E-state index in [-0.39, 0.29) is 0 Å². The van der Waals surface area contributed by atoms with Crippen LogP contribution in [0.1, 0.15) is 12.8 Å². The Bertz CT molecular complexity index is 1040. The number of hydrogen-bond donors (Lipinski definition) is 0. The zero-order valence-corrected chi connectivity index (χ0v) is 19.5. The Morgan fingerprint density at radius 1 is 1.09 bits per heavy atom. The van der Waals surface area contributed by atoms with E-state index in [2.05, 4.69) is 43.2 Å². The molecule has 4 heterocycles. The second-order valence-corrected chi connectivity index (χ2v) is 9.59. The molecule has 2 unspecified atom stereocenters. The zero-order valence-electron chi connectivity index (χ0n) is 18.7. The first-order chi connectivity index (χ1) is 15.7. The molecule has 2 atom stereocenters. The molecule has 2 aliphatic heterocycles. The minimum atomic E-state index is 0.596. The van der Waals surface area contributed by atoms with Gasteiger partial charge in [0.15, 0.2) is 11.0 Å². The molecule has 0 saturated carbocycles. The summed E-state index contributed by atoms with van der Waals surface area (Å²) in [6.45, 7) is 4.60. The van der Waals surface area contributed by atoms with Crippen molar-refractivity contribution in [2.45, 2.75) is 24.0 Å². The first-order valence-corrected chi connectivity index (χ1v) is 12.3. The summed E-state index contributed by atoms with van der Waals surface area (Å²) in [5.41, 5.74) is 2.10. The minimum Gasteiger partial charge on any atom is -0.495 e. The van der Waals surface area contributed by atoms with Gasteiger partial charge >= 0.3 is 0 Å². The number of benzene rings is 1. The fraction of sp³-hybridized carbons (Fsp3) is 0.458. The van der Waals surface area contributed by atoms with Crippen molar-refractivity contribution < 1.29 is 4.74 Å². The summed E-state index contributed by atoms with van der Waals surface area (Å²) in [6, 6.07) is 14.9. The lowest BCUT2D eigenvalue weighted by Gasteiger charge is -2.28. The van der Waals surface area contributed by atoms with E-state index in [1.807, 2.05) is 35.9 Å². The molecule has 0 spiro atoms. The molecule has 168 valence electrons. The monoisotopic (exact) mass is 450 g/mol. The Morgan fingerprint density at radius 2 is 1.97 bits per heavy atom. The van der Waals surface area contributed by atoms with Gasteiger partial charge in [-0.1, -0.05) is 30.0 Å². The summed E-state index contributed by atoms with van der Waals surface area (Å²) in [5, 5.41) is 9.66. The van der Waals surface area contributed by atoms with Crippen LogP contribution in [0.25, 0.3) is 11.5 Å². The highest BCUT2D eigenvalue weighted by molar-refractivity contribution is 7.99. The number of likely N-dealkylation sites (tertiary alicyclic amines) is 1. The van der Waals surface area contributed by atoms with Crippen LogP contribution in [-0.4, -0.2) is 69.7 Å². The zero-order chi connectivity index (χ0) is 21.9. The summed E-state index contributed by atoms with van der Waals surface area (Å²) in [5.74, 6) is 3.59. The maximum absolute atomic E-state index is 5.62. The largest absolute Gasteiger partial charge is 0.495 e. The number of thioether (sulfide) groups is 1. The molecule has 2 aliphatic rings. The van der Waals surface area contributed by atoms with Crippen molar-refractivity contribution in [1.82, 2.24) is 24.6 Å². The van der Waals surface area contributed by atoms with Gasteiger partial charge < -0.3 is 19.1 Å². The topological polar surface area (TPSA) is 59.3 Å². The third-order valence-corrected chi connectivity index (χ3v) is 7.70. The normalized spacial score (nSPS) is 20.6. The lowest BCUT2D eigenvalue weighted by atomic mass is 10.0. The van der Waals surface area contributed by atoms with Crippen molar-refractivity contribution in [3.05, 3.63) is 48.7 Å². The van der Waals surface area contributed by atoms with Crippen molar-refractivity contribution in [2.75, 3.05) is 43.9 Å². The third kappa shape index (κ3) is 4.21. The van der Waals surface area contributed by atoms with Crippen molar-refractivity contribution >= 4 is 17.4 Å². The van der Waals surface area contributed by atoms with Crippen LogP contribution < -0.4 is 9.64 Å². The molecule has 0 amide bonds. The quantitative estimate of drug-likeness (QED) is 0.384. The summed E-state index contributed by atoms with van der Waals surface area (Å²) in [4.78, 5) is 9.59. The molecule has 5 rings (SSSR count). The molecular weight excluding hydrogens is 420 g/mol. The van der Waals surface area contributed by atoms with Crippen molar-refractivity contribution in [3.63, 3.8) is 0 Å². The predicted molar refractivity (Wildman–Crippen MR) is 128 cm³/mol. The Labute approximate surface area is 193 Å². The highest BCUT2D eigenvalue weighted by atomic mass is 32.2. The van der Waals surface area contributed by atoms with Gasteiger partial charge in [0.2, 0.25) is 0 Å². The fourth-order valence-corrected chi connectivity index (χ4v) is 5.84. The lowest BCUT2D eigenvalue weighted by molar-refractivity contribution is 0.318. The minimum absolute atomic E-state index is 0.596. The number of aromatic nitrogens is 4. The molecule has 2 aromatic heterocycles. The first kappa shape index (κ1) is 21.3. The summed E-state index contributed by atoms with van der Waals surface area (Å²) in [7, 11) is 3.78. The molecule has 0 radical (unpaired) electrons. The Hall–Kier alpha value is -2.58. The van der Waals surface area contributed by atoms with Crippen LogP contribution in [0.4, 0.5) is 5.69 Å². The van der Waals surface area contributed by atoms with Crippen LogP contribution in [0.5, 0.6) is 5.75 Å². The lowest BCUT2D eigenvalue weighted by Crippen LogP contribution is -2.35. The van der Waals surface area contributed by atoms with Gasteiger partial charge in [0.25, 0.3) is 0 Å². The Balaban J connectivity index is 1.12. The molecule has 3 aromatic rings. The number of fused-ring (bicyclic) bond motifs is 1. The SMILES string of the molecule is COc1ccccc1N1CCC2CN(CCCSc3nnc(-c4ccccn4)n3C)CC21. The van der Waals surface area contributed by atoms with Crippen LogP contribution in [0.3, 0.4) is 0 Å². The molecule has 1 aromatic carbocycles. The van der Waals surface area contributed by atoms with Crippen LogP contribution >= 0.6 is 11.8 Å². The Kier molecular flexibility index (Phi) is 6.32. The average molecular weight is 451 g/mol. The molecule has 2 saturated heterocycles. The molecule has 0 bridgehead atoms. The highest BCUT2D eigenvalue weighted by Crippen LogP contribution is 2.39. The number of hydrogen-bond acceptors (Lipinski definition) is 7. The second kappa shape index (κ2) is 9.50. The van der Waals surface area contributed by atoms with Crippen molar-refractivity contribution in [2.24, 2.45) is 13.0 Å². The van der Waals surface area contributed by atoms with Gasteiger partial charge in [0, 0.05) is 44.7 Å². The van der Waals surface area contributed by atoms with Gasteiger partial charge in [0.1, 0.15) is 11.4 Å². The summed E-state index contributed by atoms with van der Waals surface area (Å²) in [6.07, 6.45) is 4.20. The third-order valence-electron chi connectivity index (χ3n) is 6.60. The van der Waals surface area contributed by atoms with E-state index in [1.165, 1.54) is 18.7 Å². The molecule has 2 fully saturated rings. The number of para-hydroxylation sites is 2. The molecular formula is C24H30N6OS. The Morgan fingerprint density at radius 3 is 2.81 bits per heavy atom. The second-order valence-electron chi connectivity index (χ2n) is 8.52. The number of pyridine rings is 1. The van der Waals surface area contributed by atoms with Gasteiger partial charge in [-0.25, -0.2) is 0 Å². The van der Waals surface area contributed by atoms with Gasteiger partial charge in [0.05, 0.1) is 12.8 Å². The molecule has 0 aliphatic carbocycles. The predicted octanol–water partition coefficient (Wildman–Crippen LogP) is 3.58. The first-order valence-electron chi connectivity index (χ1n) is 11.3. The number of rotatable bonds is 8. The van der Waals surface area contributed by atoms with Crippen LogP contribution in [0.2, 0.25) is 0 Å². The standard InChI is InChI=1S/C24H30N6OS/c1-28-23(19-8-5-6-12-25-19)26-27-24(28)32-15-7-13-29-16-18-11-14-30(21(18)17-29)20-9-3-4-10-22(20)31-2/h3-6,8-10,12,18,21H,7,11,13-17H2,1-2H3. The van der Waals surface area contributed by atoms with Crippen molar-refractivity contribution in [3.8, 4) is 17.3 Å². The maximum atomic E-state index is 5.62. The van der Waals surface area contributed by atoms with E-state index in [4.69, 9.17) is 4.74 Å². The van der Waals surface area contributed by atoms with Gasteiger partial charge in [-0.2, -0.15) is 0 Å². The highest BCUT2D eigenvalue weighted by Gasteiger charge is 2.41. The van der Waals surface area contributed by atoms with E-state index in [0.29, 0.717) is 6.04 Å². The van der Waals surface area contributed by atoms with Gasteiger partial charge in [-0.3, -0.25) is 4.98 Å². The van der Waals surface area contributed by atoms with Crippen LogP contribution in [0, 0.1) is 5.92 Å². The van der Waals surface area contributed by atoms with Gasteiger partial charge in [-0.05, 0) is 49.6 Å². The molecule has 32 heavy (non-hydrogen) atoms. The number of anilines is 1. The van der Waals surface area contributed by atoms with E-state index in [1.54, 1.807) is 25.1 Å². The van der Waals surface area contributed by atoms with E-state index in [0.717, 1.165) is 60.2 Å². The summed E-state index contributed by atoms with van der Waals surface area (Å²) < 4.78 is 7.66. The van der Waals surface area contributed by atoms with E-state index >= 15 is 0 Å². The maximum Gasteiger partial charge on any atom is 0.191 e. The fourth-order valence-electron chi connectivity index (χ4n) is 5.01. The van der Waals surface area contributed by atoms with Gasteiger partial charge in [-0.15, -0.1) is 10.2 Å². The van der Waals surface area contributed by atoms with Crippen LogP contribution in [0.15, 0.2) is 53.8 Å². The average Bonchev–Trinajstić information content (AvgIpc) is 3.52. The number of ether oxygens (including phenoxy) is 1. The summed E-state index contributed by atoms with van der Waals surface area (Å²) >= 11 is 1.78. The van der Waals surface area contributed by atoms with E-state index in [9.17, 15) is 0 Å². The van der Waals surface area contributed by atoms with E-state index < -0.39 is 0 Å². The van der Waals surface area contributed by atoms with Crippen LogP contribution in [-0.2, 0) is 7.05 Å². The smallest absolute Gasteiger partial charge is 0.191 e. The molecule has 7 nitrogen and oxygen atoms in total. The molecule has 0 N–H and O–H groups in total. The number of methoxy groups -OCH3 is 1. The number of nitrogens with zero attached hydrogens (tertiary/aromatic N) is 6. The van der Waals surface area contributed by atoms with Crippen molar-refractivity contribution in [1.29, 1.82) is 0 Å².